The van der Waals surface area contributed by atoms with Crippen molar-refractivity contribution in [2.24, 2.45) is 0 Å². The van der Waals surface area contributed by atoms with Crippen LogP contribution in [0.3, 0.4) is 0 Å². The molecule has 1 aliphatic carbocycles. The second-order valence-electron chi connectivity index (χ2n) is 4.74. The standard InChI is InChI=1S/C14H19FN2OS/c1-2-19-13-5-3-4-12(13)17-14(18)10-8-9(15)6-7-11(10)16/h6-8,12-13H,2-5,16H2,1H3,(H,17,18). The van der Waals surface area contributed by atoms with Gasteiger partial charge in [0.15, 0.2) is 0 Å². The zero-order valence-electron chi connectivity index (χ0n) is 11.0. The number of nitrogens with one attached hydrogen (secondary N) is 1. The molecule has 1 fully saturated rings. The molecular formula is C14H19FN2OS. The zero-order chi connectivity index (χ0) is 13.8. The number of hydrogen-bond acceptors (Lipinski definition) is 3. The topological polar surface area (TPSA) is 55.1 Å². The summed E-state index contributed by atoms with van der Waals surface area (Å²) in [6, 6.07) is 4.05. The Kier molecular flexibility index (Phi) is 4.69. The summed E-state index contributed by atoms with van der Waals surface area (Å²) in [6.07, 6.45) is 3.24. The molecule has 1 amide bonds. The Hall–Kier alpha value is -1.23. The van der Waals surface area contributed by atoms with Gasteiger partial charge in [0.25, 0.3) is 5.91 Å². The first-order chi connectivity index (χ1) is 9.11. The molecule has 2 atom stereocenters. The molecule has 0 radical (unpaired) electrons. The van der Waals surface area contributed by atoms with Gasteiger partial charge >= 0.3 is 0 Å². The van der Waals surface area contributed by atoms with Crippen LogP contribution < -0.4 is 11.1 Å². The molecule has 104 valence electrons. The van der Waals surface area contributed by atoms with Crippen molar-refractivity contribution in [3.8, 4) is 0 Å². The number of carbonyl (C=O) groups is 1. The maximum atomic E-state index is 13.2. The molecule has 0 aliphatic heterocycles. The fourth-order valence-electron chi connectivity index (χ4n) is 2.48. The van der Waals surface area contributed by atoms with E-state index in [0.717, 1.165) is 25.0 Å². The molecule has 5 heteroatoms. The second-order valence-corrected chi connectivity index (χ2v) is 6.25. The van der Waals surface area contributed by atoms with E-state index >= 15 is 0 Å². The Morgan fingerprint density at radius 1 is 1.53 bits per heavy atom. The molecule has 1 aromatic rings. The largest absolute Gasteiger partial charge is 0.398 e. The highest BCUT2D eigenvalue weighted by atomic mass is 32.2. The lowest BCUT2D eigenvalue weighted by Gasteiger charge is -2.20. The van der Waals surface area contributed by atoms with Crippen LogP contribution in [-0.4, -0.2) is 23.0 Å². The van der Waals surface area contributed by atoms with E-state index in [1.54, 1.807) is 0 Å². The predicted octanol–water partition coefficient (Wildman–Crippen LogP) is 2.81. The van der Waals surface area contributed by atoms with Crippen molar-refractivity contribution in [3.63, 3.8) is 0 Å². The molecule has 2 rings (SSSR count). The van der Waals surface area contributed by atoms with Crippen molar-refractivity contribution in [3.05, 3.63) is 29.6 Å². The first kappa shape index (κ1) is 14.2. The zero-order valence-corrected chi connectivity index (χ0v) is 11.8. The van der Waals surface area contributed by atoms with Gasteiger partial charge in [-0.2, -0.15) is 11.8 Å². The molecule has 0 heterocycles. The molecule has 0 spiro atoms. The predicted molar refractivity (Wildman–Crippen MR) is 77.8 cm³/mol. The SMILES string of the molecule is CCSC1CCCC1NC(=O)c1cc(F)ccc1N. The number of benzene rings is 1. The summed E-state index contributed by atoms with van der Waals surface area (Å²) in [4.78, 5) is 12.2. The minimum atomic E-state index is -0.440. The number of rotatable bonds is 4. The van der Waals surface area contributed by atoms with Crippen LogP contribution in [0.4, 0.5) is 10.1 Å². The summed E-state index contributed by atoms with van der Waals surface area (Å²) in [5.74, 6) is 0.329. The van der Waals surface area contributed by atoms with Gasteiger partial charge in [0.05, 0.1) is 5.56 Å². The lowest BCUT2D eigenvalue weighted by molar-refractivity contribution is 0.0939. The van der Waals surface area contributed by atoms with E-state index in [4.69, 9.17) is 5.73 Å². The number of carbonyl (C=O) groups excluding carboxylic acids is 1. The van der Waals surface area contributed by atoms with Crippen LogP contribution in [0.5, 0.6) is 0 Å². The average molecular weight is 282 g/mol. The summed E-state index contributed by atoms with van der Waals surface area (Å²) in [5, 5.41) is 3.45. The van der Waals surface area contributed by atoms with Crippen LogP contribution in [-0.2, 0) is 0 Å². The van der Waals surface area contributed by atoms with E-state index in [-0.39, 0.29) is 17.5 Å². The number of anilines is 1. The molecule has 0 bridgehead atoms. The van der Waals surface area contributed by atoms with Gasteiger partial charge in [-0.25, -0.2) is 4.39 Å². The third-order valence-electron chi connectivity index (χ3n) is 3.41. The van der Waals surface area contributed by atoms with Crippen LogP contribution in [0, 0.1) is 5.82 Å². The maximum Gasteiger partial charge on any atom is 0.253 e. The van der Waals surface area contributed by atoms with Gasteiger partial charge in [-0.05, 0) is 36.8 Å². The summed E-state index contributed by atoms with van der Waals surface area (Å²) in [6.45, 7) is 2.12. The van der Waals surface area contributed by atoms with Crippen molar-refractivity contribution < 1.29 is 9.18 Å². The number of amides is 1. The number of nitrogens with two attached hydrogens (primary N) is 1. The van der Waals surface area contributed by atoms with E-state index in [9.17, 15) is 9.18 Å². The lowest BCUT2D eigenvalue weighted by atomic mass is 10.1. The quantitative estimate of drug-likeness (QED) is 0.835. The third kappa shape index (κ3) is 3.41. The number of nitrogen functional groups attached to an aromatic ring is 1. The van der Waals surface area contributed by atoms with Crippen molar-refractivity contribution in [1.82, 2.24) is 5.32 Å². The first-order valence-electron chi connectivity index (χ1n) is 6.59. The third-order valence-corrected chi connectivity index (χ3v) is 4.74. The maximum absolute atomic E-state index is 13.2. The number of halogens is 1. The average Bonchev–Trinajstić information content (AvgIpc) is 2.80. The fraction of sp³-hybridized carbons (Fsp3) is 0.500. The lowest BCUT2D eigenvalue weighted by Crippen LogP contribution is -2.39. The Balaban J connectivity index is 2.06. The highest BCUT2D eigenvalue weighted by molar-refractivity contribution is 7.99. The van der Waals surface area contributed by atoms with Gasteiger partial charge in [-0.3, -0.25) is 4.79 Å². The summed E-state index contributed by atoms with van der Waals surface area (Å²) >= 11 is 1.87. The normalized spacial score (nSPS) is 22.4. The Labute approximate surface area is 117 Å². The smallest absolute Gasteiger partial charge is 0.253 e. The van der Waals surface area contributed by atoms with Gasteiger partial charge in [-0.1, -0.05) is 13.3 Å². The Bertz CT molecular complexity index is 467. The summed E-state index contributed by atoms with van der Waals surface area (Å²) in [7, 11) is 0. The van der Waals surface area contributed by atoms with E-state index in [0.29, 0.717) is 10.9 Å². The molecule has 19 heavy (non-hydrogen) atoms. The molecular weight excluding hydrogens is 263 g/mol. The van der Waals surface area contributed by atoms with Crippen LogP contribution in [0.1, 0.15) is 36.5 Å². The Morgan fingerprint density at radius 2 is 2.32 bits per heavy atom. The van der Waals surface area contributed by atoms with Gasteiger partial charge in [0.2, 0.25) is 0 Å². The van der Waals surface area contributed by atoms with E-state index in [2.05, 4.69) is 12.2 Å². The molecule has 0 aromatic heterocycles. The fourth-order valence-corrected chi connectivity index (χ4v) is 3.67. The second kappa shape index (κ2) is 6.28. The minimum Gasteiger partial charge on any atom is -0.398 e. The van der Waals surface area contributed by atoms with Crippen LogP contribution >= 0.6 is 11.8 Å². The molecule has 3 nitrogen and oxygen atoms in total. The van der Waals surface area contributed by atoms with E-state index in [1.807, 2.05) is 11.8 Å². The van der Waals surface area contributed by atoms with Crippen molar-refractivity contribution in [1.29, 1.82) is 0 Å². The van der Waals surface area contributed by atoms with E-state index in [1.165, 1.54) is 18.2 Å². The van der Waals surface area contributed by atoms with Crippen LogP contribution in [0.15, 0.2) is 18.2 Å². The van der Waals surface area contributed by atoms with Crippen LogP contribution in [0.2, 0.25) is 0 Å². The first-order valence-corrected chi connectivity index (χ1v) is 7.64. The highest BCUT2D eigenvalue weighted by Gasteiger charge is 2.29. The molecule has 1 aromatic carbocycles. The highest BCUT2D eigenvalue weighted by Crippen LogP contribution is 2.30. The molecule has 0 saturated heterocycles. The van der Waals surface area contributed by atoms with Crippen molar-refractivity contribution in [2.75, 3.05) is 11.5 Å². The molecule has 1 aliphatic rings. The van der Waals surface area contributed by atoms with Crippen molar-refractivity contribution in [2.45, 2.75) is 37.5 Å². The van der Waals surface area contributed by atoms with Gasteiger partial charge in [0.1, 0.15) is 5.82 Å². The van der Waals surface area contributed by atoms with Gasteiger partial charge in [0, 0.05) is 17.0 Å². The molecule has 2 unspecified atom stereocenters. The van der Waals surface area contributed by atoms with Crippen LogP contribution in [0.25, 0.3) is 0 Å². The van der Waals surface area contributed by atoms with Gasteiger partial charge in [-0.15, -0.1) is 0 Å². The summed E-state index contributed by atoms with van der Waals surface area (Å²) < 4.78 is 13.2. The molecule has 1 saturated carbocycles. The number of hydrogen-bond donors (Lipinski definition) is 2. The number of thioether (sulfide) groups is 1. The Morgan fingerprint density at radius 3 is 3.05 bits per heavy atom. The summed E-state index contributed by atoms with van der Waals surface area (Å²) in [5.41, 5.74) is 6.27. The van der Waals surface area contributed by atoms with E-state index < -0.39 is 5.82 Å². The molecule has 3 N–H and O–H groups in total. The van der Waals surface area contributed by atoms with Gasteiger partial charge < -0.3 is 11.1 Å². The minimum absolute atomic E-state index is 0.167. The monoisotopic (exact) mass is 282 g/mol. The van der Waals surface area contributed by atoms with Crippen molar-refractivity contribution >= 4 is 23.4 Å².